The van der Waals surface area contributed by atoms with Gasteiger partial charge in [0.1, 0.15) is 0 Å². The molecule has 0 saturated carbocycles. The van der Waals surface area contributed by atoms with Crippen molar-refractivity contribution in [3.63, 3.8) is 0 Å². The summed E-state index contributed by atoms with van der Waals surface area (Å²) < 4.78 is 37.6. The highest BCUT2D eigenvalue weighted by atomic mass is 19.4. The van der Waals surface area contributed by atoms with Crippen LogP contribution >= 0.6 is 0 Å². The maximum absolute atomic E-state index is 12.5. The van der Waals surface area contributed by atoms with Gasteiger partial charge < -0.3 is 10.6 Å². The minimum absolute atomic E-state index is 0.0930. The van der Waals surface area contributed by atoms with Crippen molar-refractivity contribution < 1.29 is 18.0 Å². The molecule has 2 amide bonds. The maximum Gasteiger partial charge on any atom is 0.416 e. The van der Waals surface area contributed by atoms with Crippen LogP contribution in [0, 0.1) is 0 Å². The number of rotatable bonds is 3. The van der Waals surface area contributed by atoms with E-state index in [1.54, 1.807) is 0 Å². The van der Waals surface area contributed by atoms with E-state index in [2.05, 4.69) is 10.6 Å². The lowest BCUT2D eigenvalue weighted by Gasteiger charge is -2.10. The Hall–Kier alpha value is -2.50. The van der Waals surface area contributed by atoms with Crippen LogP contribution < -0.4 is 10.6 Å². The topological polar surface area (TPSA) is 41.1 Å². The van der Waals surface area contributed by atoms with Crippen molar-refractivity contribution in [2.75, 3.05) is 5.32 Å². The molecule has 2 aromatic carbocycles. The largest absolute Gasteiger partial charge is 0.416 e. The van der Waals surface area contributed by atoms with Gasteiger partial charge in [0.05, 0.1) is 5.56 Å². The minimum Gasteiger partial charge on any atom is -0.334 e. The number of carbonyl (C=O) groups excluding carboxylic acids is 1. The molecule has 2 rings (SSSR count). The molecule has 0 aliphatic carbocycles. The molecule has 3 nitrogen and oxygen atoms in total. The number of alkyl halides is 3. The van der Waals surface area contributed by atoms with Gasteiger partial charge >= 0.3 is 12.2 Å². The van der Waals surface area contributed by atoms with Gasteiger partial charge in [0.25, 0.3) is 0 Å². The molecule has 0 aliphatic heterocycles. The van der Waals surface area contributed by atoms with E-state index in [4.69, 9.17) is 0 Å². The summed E-state index contributed by atoms with van der Waals surface area (Å²) in [5.41, 5.74) is 0.190. The summed E-state index contributed by atoms with van der Waals surface area (Å²) in [4.78, 5) is 11.6. The first-order valence-corrected chi connectivity index (χ1v) is 6.21. The number of hydrogen-bond acceptors (Lipinski definition) is 1. The van der Waals surface area contributed by atoms with E-state index in [0.717, 1.165) is 17.7 Å². The molecular weight excluding hydrogens is 281 g/mol. The van der Waals surface area contributed by atoms with Gasteiger partial charge in [0, 0.05) is 12.2 Å². The Labute approximate surface area is 119 Å². The number of nitrogens with one attached hydrogen (secondary N) is 2. The van der Waals surface area contributed by atoms with Crippen LogP contribution in [0.3, 0.4) is 0 Å². The zero-order valence-electron chi connectivity index (χ0n) is 10.9. The fourth-order valence-electron chi connectivity index (χ4n) is 1.73. The predicted octanol–water partition coefficient (Wildman–Crippen LogP) is 4.03. The Kier molecular flexibility index (Phi) is 4.47. The van der Waals surface area contributed by atoms with Crippen LogP contribution in [0.2, 0.25) is 0 Å². The predicted molar refractivity (Wildman–Crippen MR) is 73.7 cm³/mol. The van der Waals surface area contributed by atoms with Crippen LogP contribution in [0.15, 0.2) is 54.6 Å². The third kappa shape index (κ3) is 4.52. The molecule has 0 fully saturated rings. The monoisotopic (exact) mass is 294 g/mol. The highest BCUT2D eigenvalue weighted by molar-refractivity contribution is 5.89. The van der Waals surface area contributed by atoms with Gasteiger partial charge in [-0.3, -0.25) is 0 Å². The smallest absolute Gasteiger partial charge is 0.334 e. The number of hydrogen-bond donors (Lipinski definition) is 2. The van der Waals surface area contributed by atoms with Crippen LogP contribution in [-0.4, -0.2) is 6.03 Å². The Balaban J connectivity index is 1.94. The van der Waals surface area contributed by atoms with Crippen molar-refractivity contribution in [2.24, 2.45) is 0 Å². The maximum atomic E-state index is 12.5. The first kappa shape index (κ1) is 14.9. The zero-order valence-corrected chi connectivity index (χ0v) is 10.9. The van der Waals surface area contributed by atoms with Gasteiger partial charge in [0.15, 0.2) is 0 Å². The molecule has 0 radical (unpaired) electrons. The normalized spacial score (nSPS) is 11.0. The molecule has 2 N–H and O–H groups in total. The number of carbonyl (C=O) groups is 1. The highest BCUT2D eigenvalue weighted by Gasteiger charge is 2.30. The average molecular weight is 294 g/mol. The van der Waals surface area contributed by atoms with Crippen LogP contribution in [0.4, 0.5) is 23.7 Å². The van der Waals surface area contributed by atoms with Crippen LogP contribution in [0.1, 0.15) is 11.1 Å². The van der Waals surface area contributed by atoms with Crippen molar-refractivity contribution in [3.8, 4) is 0 Å². The lowest BCUT2D eigenvalue weighted by atomic mass is 10.2. The summed E-state index contributed by atoms with van der Waals surface area (Å²) >= 11 is 0. The fourth-order valence-corrected chi connectivity index (χ4v) is 1.73. The van der Waals surface area contributed by atoms with Gasteiger partial charge in [0.2, 0.25) is 0 Å². The number of anilines is 1. The molecule has 0 heterocycles. The minimum atomic E-state index is -4.43. The van der Waals surface area contributed by atoms with E-state index in [0.29, 0.717) is 6.54 Å². The number of amides is 2. The molecule has 2 aromatic rings. The second-order valence-electron chi connectivity index (χ2n) is 4.37. The van der Waals surface area contributed by atoms with E-state index in [9.17, 15) is 18.0 Å². The molecule has 0 atom stereocenters. The molecule has 0 unspecified atom stereocenters. The van der Waals surface area contributed by atoms with Crippen LogP contribution in [0.25, 0.3) is 0 Å². The molecule has 0 saturated heterocycles. The third-order valence-electron chi connectivity index (χ3n) is 2.74. The third-order valence-corrected chi connectivity index (χ3v) is 2.74. The van der Waals surface area contributed by atoms with Gasteiger partial charge in [-0.05, 0) is 23.8 Å². The Morgan fingerprint density at radius 2 is 1.71 bits per heavy atom. The van der Waals surface area contributed by atoms with Crippen LogP contribution in [0.5, 0.6) is 0 Å². The van der Waals surface area contributed by atoms with Crippen molar-refractivity contribution in [1.29, 1.82) is 0 Å². The van der Waals surface area contributed by atoms with Crippen molar-refractivity contribution in [1.82, 2.24) is 5.32 Å². The van der Waals surface area contributed by atoms with E-state index in [-0.39, 0.29) is 5.69 Å². The first-order valence-electron chi connectivity index (χ1n) is 6.21. The Morgan fingerprint density at radius 1 is 1.00 bits per heavy atom. The summed E-state index contributed by atoms with van der Waals surface area (Å²) in [6.45, 7) is 0.297. The fraction of sp³-hybridized carbons (Fsp3) is 0.133. The molecule has 0 bridgehead atoms. The zero-order chi connectivity index (χ0) is 15.3. The van der Waals surface area contributed by atoms with E-state index in [1.807, 2.05) is 30.3 Å². The van der Waals surface area contributed by atoms with E-state index in [1.165, 1.54) is 12.1 Å². The van der Waals surface area contributed by atoms with E-state index < -0.39 is 17.8 Å². The summed E-state index contributed by atoms with van der Waals surface area (Å²) in [6.07, 6.45) is -4.43. The Morgan fingerprint density at radius 3 is 2.38 bits per heavy atom. The number of benzene rings is 2. The summed E-state index contributed by atoms with van der Waals surface area (Å²) in [7, 11) is 0. The molecule has 0 aliphatic rings. The molecular formula is C15H13F3N2O. The molecule has 0 spiro atoms. The first-order chi connectivity index (χ1) is 9.95. The quantitative estimate of drug-likeness (QED) is 0.881. The van der Waals surface area contributed by atoms with Gasteiger partial charge in [-0.2, -0.15) is 13.2 Å². The van der Waals surface area contributed by atoms with Crippen LogP contribution in [-0.2, 0) is 12.7 Å². The summed E-state index contributed by atoms with van der Waals surface area (Å²) in [6, 6.07) is 13.1. The lowest BCUT2D eigenvalue weighted by molar-refractivity contribution is -0.137. The second kappa shape index (κ2) is 6.30. The highest BCUT2D eigenvalue weighted by Crippen LogP contribution is 2.30. The molecule has 21 heavy (non-hydrogen) atoms. The van der Waals surface area contributed by atoms with Gasteiger partial charge in [-0.25, -0.2) is 4.79 Å². The number of urea groups is 1. The van der Waals surface area contributed by atoms with E-state index >= 15 is 0 Å². The van der Waals surface area contributed by atoms with Crippen molar-refractivity contribution in [2.45, 2.75) is 12.7 Å². The SMILES string of the molecule is O=C(NCc1ccccc1)Nc1cccc(C(F)(F)F)c1. The second-order valence-corrected chi connectivity index (χ2v) is 4.37. The summed E-state index contributed by atoms with van der Waals surface area (Å²) in [5, 5.41) is 4.95. The average Bonchev–Trinajstić information content (AvgIpc) is 2.46. The molecule has 110 valence electrons. The lowest BCUT2D eigenvalue weighted by Crippen LogP contribution is -2.28. The Bertz CT molecular complexity index is 612. The molecule has 0 aromatic heterocycles. The van der Waals surface area contributed by atoms with Gasteiger partial charge in [-0.1, -0.05) is 36.4 Å². The number of halogens is 3. The standard InChI is InChI=1S/C15H13F3N2O/c16-15(17,18)12-7-4-8-13(9-12)20-14(21)19-10-11-5-2-1-3-6-11/h1-9H,10H2,(H2,19,20,21). The van der Waals surface area contributed by atoms with Crippen molar-refractivity contribution in [3.05, 3.63) is 65.7 Å². The van der Waals surface area contributed by atoms with Gasteiger partial charge in [-0.15, -0.1) is 0 Å². The molecule has 6 heteroatoms. The van der Waals surface area contributed by atoms with Crippen molar-refractivity contribution >= 4 is 11.7 Å². The summed E-state index contributed by atoms with van der Waals surface area (Å²) in [5.74, 6) is 0.